The van der Waals surface area contributed by atoms with Crippen LogP contribution in [0.25, 0.3) is 11.3 Å². The highest BCUT2D eigenvalue weighted by Gasteiger charge is 2.09. The minimum absolute atomic E-state index is 0.199. The normalized spacial score (nSPS) is 11.8. The van der Waals surface area contributed by atoms with Crippen molar-refractivity contribution in [1.29, 1.82) is 0 Å². The van der Waals surface area contributed by atoms with E-state index in [0.29, 0.717) is 11.8 Å². The van der Waals surface area contributed by atoms with Gasteiger partial charge in [-0.05, 0) is 37.6 Å². The standard InChI is InChI=1S/C19H21N5O/c1-3-13(2)21-19-23-17(14-6-5-9-20-12-14)11-18(24-19)22-15-7-4-8-16(25)10-15/h4-13,25H,3H2,1-2H3,(H2,21,22,23,24)/t13-/m1/s1. The molecule has 128 valence electrons. The monoisotopic (exact) mass is 335 g/mol. The van der Waals surface area contributed by atoms with E-state index in [1.807, 2.05) is 24.3 Å². The Hall–Kier alpha value is -3.15. The maximum Gasteiger partial charge on any atom is 0.225 e. The second-order valence-corrected chi connectivity index (χ2v) is 5.83. The van der Waals surface area contributed by atoms with Gasteiger partial charge < -0.3 is 15.7 Å². The van der Waals surface area contributed by atoms with Gasteiger partial charge >= 0.3 is 0 Å². The van der Waals surface area contributed by atoms with Gasteiger partial charge in [-0.1, -0.05) is 13.0 Å². The van der Waals surface area contributed by atoms with Gasteiger partial charge in [0.25, 0.3) is 0 Å². The molecule has 0 amide bonds. The number of nitrogens with zero attached hydrogens (tertiary/aromatic N) is 3. The maximum absolute atomic E-state index is 9.64. The van der Waals surface area contributed by atoms with Crippen LogP contribution in [-0.2, 0) is 0 Å². The molecule has 3 rings (SSSR count). The second-order valence-electron chi connectivity index (χ2n) is 5.83. The molecule has 3 aromatic rings. The van der Waals surface area contributed by atoms with Crippen LogP contribution < -0.4 is 10.6 Å². The van der Waals surface area contributed by atoms with E-state index in [1.165, 1.54) is 0 Å². The van der Waals surface area contributed by atoms with E-state index in [2.05, 4.69) is 39.4 Å². The Kier molecular flexibility index (Phi) is 5.09. The van der Waals surface area contributed by atoms with Crippen molar-refractivity contribution in [2.75, 3.05) is 10.6 Å². The maximum atomic E-state index is 9.64. The molecular weight excluding hydrogens is 314 g/mol. The van der Waals surface area contributed by atoms with Crippen molar-refractivity contribution < 1.29 is 5.11 Å². The van der Waals surface area contributed by atoms with Gasteiger partial charge in [-0.3, -0.25) is 4.98 Å². The van der Waals surface area contributed by atoms with Gasteiger partial charge in [-0.2, -0.15) is 4.98 Å². The zero-order valence-corrected chi connectivity index (χ0v) is 14.3. The smallest absolute Gasteiger partial charge is 0.225 e. The molecule has 1 aromatic carbocycles. The molecule has 0 radical (unpaired) electrons. The number of rotatable bonds is 6. The highest BCUT2D eigenvalue weighted by molar-refractivity contribution is 5.67. The molecule has 0 saturated carbocycles. The Morgan fingerprint density at radius 2 is 2.00 bits per heavy atom. The molecule has 0 aliphatic rings. The molecule has 0 aliphatic heterocycles. The molecule has 0 bridgehead atoms. The van der Waals surface area contributed by atoms with E-state index in [0.717, 1.165) is 23.4 Å². The van der Waals surface area contributed by atoms with Crippen molar-refractivity contribution in [3.05, 3.63) is 54.9 Å². The minimum atomic E-state index is 0.199. The third-order valence-corrected chi connectivity index (χ3v) is 3.79. The Bertz CT molecular complexity index is 838. The summed E-state index contributed by atoms with van der Waals surface area (Å²) in [5.41, 5.74) is 2.44. The summed E-state index contributed by atoms with van der Waals surface area (Å²) >= 11 is 0. The number of benzene rings is 1. The van der Waals surface area contributed by atoms with Crippen LogP contribution in [0.15, 0.2) is 54.9 Å². The van der Waals surface area contributed by atoms with Gasteiger partial charge in [0, 0.05) is 41.8 Å². The van der Waals surface area contributed by atoms with E-state index in [1.54, 1.807) is 30.6 Å². The summed E-state index contributed by atoms with van der Waals surface area (Å²) in [7, 11) is 0. The Morgan fingerprint density at radius 1 is 1.12 bits per heavy atom. The van der Waals surface area contributed by atoms with E-state index in [-0.39, 0.29) is 11.8 Å². The fourth-order valence-electron chi connectivity index (χ4n) is 2.29. The summed E-state index contributed by atoms with van der Waals surface area (Å²) in [5, 5.41) is 16.2. The number of hydrogen-bond acceptors (Lipinski definition) is 6. The first-order chi connectivity index (χ1) is 12.1. The number of hydrogen-bond donors (Lipinski definition) is 3. The van der Waals surface area contributed by atoms with Crippen LogP contribution in [0.2, 0.25) is 0 Å². The van der Waals surface area contributed by atoms with Crippen molar-refractivity contribution in [1.82, 2.24) is 15.0 Å². The van der Waals surface area contributed by atoms with Crippen molar-refractivity contribution in [2.24, 2.45) is 0 Å². The second kappa shape index (κ2) is 7.61. The molecule has 25 heavy (non-hydrogen) atoms. The molecule has 2 aromatic heterocycles. The van der Waals surface area contributed by atoms with Crippen LogP contribution in [0.4, 0.5) is 17.5 Å². The lowest BCUT2D eigenvalue weighted by atomic mass is 10.2. The van der Waals surface area contributed by atoms with Gasteiger partial charge in [0.2, 0.25) is 5.95 Å². The molecule has 3 N–H and O–H groups in total. The van der Waals surface area contributed by atoms with Crippen LogP contribution in [0.1, 0.15) is 20.3 Å². The zero-order chi connectivity index (χ0) is 17.6. The number of anilines is 3. The number of aromatic hydroxyl groups is 1. The lowest BCUT2D eigenvalue weighted by molar-refractivity contribution is 0.475. The van der Waals surface area contributed by atoms with E-state index < -0.39 is 0 Å². The van der Waals surface area contributed by atoms with Crippen LogP contribution in [0.5, 0.6) is 5.75 Å². The molecule has 0 saturated heterocycles. The summed E-state index contributed by atoms with van der Waals surface area (Å²) in [6.45, 7) is 4.19. The number of aromatic nitrogens is 3. The van der Waals surface area contributed by atoms with Crippen molar-refractivity contribution in [2.45, 2.75) is 26.3 Å². The molecule has 1 atom stereocenters. The predicted molar refractivity (Wildman–Crippen MR) is 100 cm³/mol. The van der Waals surface area contributed by atoms with E-state index in [4.69, 9.17) is 0 Å². The van der Waals surface area contributed by atoms with Gasteiger partial charge in [0.05, 0.1) is 5.69 Å². The average molecular weight is 335 g/mol. The summed E-state index contributed by atoms with van der Waals surface area (Å²) < 4.78 is 0. The van der Waals surface area contributed by atoms with E-state index >= 15 is 0 Å². The van der Waals surface area contributed by atoms with Gasteiger partial charge in [0.15, 0.2) is 0 Å². The topological polar surface area (TPSA) is 83.0 Å². The van der Waals surface area contributed by atoms with Gasteiger partial charge in [-0.25, -0.2) is 4.98 Å². The Morgan fingerprint density at radius 3 is 2.72 bits per heavy atom. The molecule has 2 heterocycles. The summed E-state index contributed by atoms with van der Waals surface area (Å²) in [6, 6.07) is 12.9. The van der Waals surface area contributed by atoms with E-state index in [9.17, 15) is 5.11 Å². The number of nitrogens with one attached hydrogen (secondary N) is 2. The highest BCUT2D eigenvalue weighted by atomic mass is 16.3. The average Bonchev–Trinajstić information content (AvgIpc) is 2.62. The first-order valence-corrected chi connectivity index (χ1v) is 8.26. The lowest BCUT2D eigenvalue weighted by Crippen LogP contribution is -2.16. The van der Waals surface area contributed by atoms with Crippen LogP contribution >= 0.6 is 0 Å². The molecule has 6 heteroatoms. The minimum Gasteiger partial charge on any atom is -0.508 e. The van der Waals surface area contributed by atoms with Gasteiger partial charge in [0.1, 0.15) is 11.6 Å². The van der Waals surface area contributed by atoms with Gasteiger partial charge in [-0.15, -0.1) is 0 Å². The van der Waals surface area contributed by atoms with Crippen LogP contribution in [-0.4, -0.2) is 26.1 Å². The number of phenolic OH excluding ortho intramolecular Hbond substituents is 1. The lowest BCUT2D eigenvalue weighted by Gasteiger charge is -2.14. The quantitative estimate of drug-likeness (QED) is 0.626. The summed E-state index contributed by atoms with van der Waals surface area (Å²) in [5.74, 6) is 1.40. The van der Waals surface area contributed by atoms with Crippen molar-refractivity contribution in [3.63, 3.8) is 0 Å². The van der Waals surface area contributed by atoms with Crippen molar-refractivity contribution >= 4 is 17.5 Å². The summed E-state index contributed by atoms with van der Waals surface area (Å²) in [4.78, 5) is 13.3. The number of pyridine rings is 1. The van der Waals surface area contributed by atoms with Crippen molar-refractivity contribution in [3.8, 4) is 17.0 Å². The molecule has 0 spiro atoms. The molecule has 0 aliphatic carbocycles. The fraction of sp³-hybridized carbons (Fsp3) is 0.211. The molecule has 0 unspecified atom stereocenters. The molecular formula is C19H21N5O. The Balaban J connectivity index is 1.97. The molecule has 0 fully saturated rings. The Labute approximate surface area is 147 Å². The SMILES string of the molecule is CC[C@@H](C)Nc1nc(Nc2cccc(O)c2)cc(-c2cccnc2)n1. The van der Waals surface area contributed by atoms with Crippen LogP contribution in [0.3, 0.4) is 0 Å². The third-order valence-electron chi connectivity index (χ3n) is 3.79. The first-order valence-electron chi connectivity index (χ1n) is 8.26. The van der Waals surface area contributed by atoms with Crippen LogP contribution in [0, 0.1) is 0 Å². The predicted octanol–water partition coefficient (Wildman–Crippen LogP) is 4.20. The zero-order valence-electron chi connectivity index (χ0n) is 14.3. The largest absolute Gasteiger partial charge is 0.508 e. The first kappa shape index (κ1) is 16.7. The summed E-state index contributed by atoms with van der Waals surface area (Å²) in [6.07, 6.45) is 4.47. The highest BCUT2D eigenvalue weighted by Crippen LogP contribution is 2.24. The molecule has 6 nitrogen and oxygen atoms in total. The fourth-order valence-corrected chi connectivity index (χ4v) is 2.29. The number of phenols is 1. The third kappa shape index (κ3) is 4.44.